The first-order valence-corrected chi connectivity index (χ1v) is 12.5. The smallest absolute Gasteiger partial charge is 0.401 e. The van der Waals surface area contributed by atoms with Gasteiger partial charge in [0.25, 0.3) is 0 Å². The fraction of sp³-hybridized carbons (Fsp3) is 0. The van der Waals surface area contributed by atoms with E-state index in [1.165, 1.54) is 0 Å². The van der Waals surface area contributed by atoms with Crippen LogP contribution >= 0.6 is 8.60 Å². The normalized spacial score (nSPS) is 10.5. The molecule has 0 saturated carbocycles. The third-order valence-electron chi connectivity index (χ3n) is 5.48. The van der Waals surface area contributed by atoms with E-state index in [2.05, 4.69) is 0 Å². The van der Waals surface area contributed by atoms with E-state index >= 15 is 0 Å². The fourth-order valence-electron chi connectivity index (χ4n) is 3.68. The minimum absolute atomic E-state index is 0.270. The first-order chi connectivity index (χ1) is 22.8. The van der Waals surface area contributed by atoms with Gasteiger partial charge in [0.05, 0.1) is 44.3 Å². The zero-order chi connectivity index (χ0) is 37.1. The van der Waals surface area contributed by atoms with E-state index in [4.69, 9.17) is 13.6 Å². The number of nitrogens with zero attached hydrogens (tertiary/aromatic N) is 9. The lowest BCUT2D eigenvalue weighted by Crippen LogP contribution is -2.10. The molecule has 3 rings (SSSR count). The lowest BCUT2D eigenvalue weighted by atomic mass is 10.2. The summed E-state index contributed by atoms with van der Waals surface area (Å²) in [5, 5.41) is 104. The van der Waals surface area contributed by atoms with Gasteiger partial charge >= 0.3 is 59.8 Å². The molecule has 30 nitrogen and oxygen atoms in total. The fourth-order valence-corrected chi connectivity index (χ4v) is 4.72. The summed E-state index contributed by atoms with van der Waals surface area (Å²) in [6.07, 6.45) is 0. The Morgan fingerprint density at radius 3 is 0.694 bits per heavy atom. The molecule has 0 saturated heterocycles. The lowest BCUT2D eigenvalue weighted by Gasteiger charge is -2.17. The maximum absolute atomic E-state index is 11.8. The monoisotopic (exact) mass is 715 g/mol. The van der Waals surface area contributed by atoms with Crippen molar-refractivity contribution >= 4 is 59.8 Å². The number of rotatable bonds is 15. The molecular weight excluding hydrogens is 709 g/mol. The van der Waals surface area contributed by atoms with Crippen molar-refractivity contribution in [3.63, 3.8) is 0 Å². The van der Waals surface area contributed by atoms with Gasteiger partial charge in [-0.05, 0) is 18.2 Å². The summed E-state index contributed by atoms with van der Waals surface area (Å²) >= 11 is 0. The van der Waals surface area contributed by atoms with Crippen molar-refractivity contribution < 1.29 is 57.9 Å². The number of nitro benzene ring substituents is 9. The van der Waals surface area contributed by atoms with Crippen LogP contribution in [0, 0.1) is 91.0 Å². The summed E-state index contributed by atoms with van der Waals surface area (Å²) in [4.78, 5) is 90.2. The summed E-state index contributed by atoms with van der Waals surface area (Å²) < 4.78 is 15.2. The number of hydrogen-bond acceptors (Lipinski definition) is 21. The summed E-state index contributed by atoms with van der Waals surface area (Å²) in [7, 11) is -3.97. The SMILES string of the molecule is O=[N+]([O-])c1ccc(OP(Oc2ccc([N+](=O)[O-])c([N+](=O)[O-])c2[N+](=O)[O-])Oc2ccc([N+](=O)[O-])c([N+](=O)[O-])c2[N+](=O)[O-])c([N+](=O)[O-])c1[N+](=O)[O-]. The van der Waals surface area contributed by atoms with Crippen LogP contribution in [0.1, 0.15) is 0 Å². The van der Waals surface area contributed by atoms with Gasteiger partial charge in [0.2, 0.25) is 17.2 Å². The molecule has 0 N–H and O–H groups in total. The Morgan fingerprint density at radius 2 is 0.531 bits per heavy atom. The Hall–Kier alpha value is -7.91. The summed E-state index contributed by atoms with van der Waals surface area (Å²) in [6, 6.07) is 1.74. The molecule has 0 fully saturated rings. The molecule has 0 aliphatic rings. The average molecular weight is 715 g/mol. The third-order valence-corrected chi connectivity index (χ3v) is 6.52. The predicted octanol–water partition coefficient (Wildman–Crippen LogP) is 4.62. The van der Waals surface area contributed by atoms with Crippen LogP contribution in [-0.2, 0) is 0 Å². The van der Waals surface area contributed by atoms with E-state index in [-0.39, 0.29) is 18.2 Å². The Bertz CT molecular complexity index is 1810. The van der Waals surface area contributed by atoms with E-state index in [0.717, 1.165) is 0 Å². The molecule has 49 heavy (non-hydrogen) atoms. The Morgan fingerprint density at radius 1 is 0.327 bits per heavy atom. The van der Waals surface area contributed by atoms with Crippen LogP contribution in [-0.4, -0.2) is 44.3 Å². The van der Waals surface area contributed by atoms with E-state index < -0.39 is 121 Å². The summed E-state index contributed by atoms with van der Waals surface area (Å²) in [5.41, 5.74) is -15.5. The van der Waals surface area contributed by atoms with Crippen LogP contribution in [0.4, 0.5) is 51.2 Å². The number of hydrogen-bond donors (Lipinski definition) is 0. The molecular formula is C18H6N9O21P. The highest BCUT2D eigenvalue weighted by molar-refractivity contribution is 7.43. The second-order valence-electron chi connectivity index (χ2n) is 8.15. The standard InChI is InChI=1S/C18H6N9O21P/c28-19(29)7-1-4-10(16(25(40)41)13(7)22(34)35)46-49(47-11-5-2-8(20(30)31)14(23(36)37)17(11)26(42)43)48-12-6-3-9(21(32)33)15(24(38)39)18(12)27(44)45/h1-6H. The quantitative estimate of drug-likeness (QED) is 0.117. The highest BCUT2D eigenvalue weighted by Crippen LogP contribution is 2.54. The molecule has 0 spiro atoms. The zero-order valence-corrected chi connectivity index (χ0v) is 23.4. The molecule has 0 radical (unpaired) electrons. The number of nitro groups is 9. The molecule has 0 amide bonds. The van der Waals surface area contributed by atoms with Gasteiger partial charge in [-0.2, -0.15) is 0 Å². The second-order valence-corrected chi connectivity index (χ2v) is 9.15. The predicted molar refractivity (Wildman–Crippen MR) is 148 cm³/mol. The van der Waals surface area contributed by atoms with Crippen LogP contribution in [0.25, 0.3) is 0 Å². The summed E-state index contributed by atoms with van der Waals surface area (Å²) in [5.74, 6) is -4.23. The van der Waals surface area contributed by atoms with Crippen molar-refractivity contribution in [3.05, 3.63) is 127 Å². The van der Waals surface area contributed by atoms with E-state index in [9.17, 15) is 91.0 Å². The van der Waals surface area contributed by atoms with Gasteiger partial charge in [-0.1, -0.05) is 0 Å². The zero-order valence-electron chi connectivity index (χ0n) is 22.5. The molecule has 0 atom stereocenters. The molecule has 31 heteroatoms. The van der Waals surface area contributed by atoms with E-state index in [1.54, 1.807) is 0 Å². The second kappa shape index (κ2) is 13.6. The van der Waals surface area contributed by atoms with Gasteiger partial charge in [0, 0.05) is 18.2 Å². The highest BCUT2D eigenvalue weighted by atomic mass is 31.2. The molecule has 0 bridgehead atoms. The van der Waals surface area contributed by atoms with Crippen LogP contribution in [0.5, 0.6) is 17.2 Å². The number of benzene rings is 3. The summed E-state index contributed by atoms with van der Waals surface area (Å²) in [6.45, 7) is 0. The first-order valence-electron chi connectivity index (χ1n) is 11.4. The topological polar surface area (TPSA) is 416 Å². The van der Waals surface area contributed by atoms with Crippen molar-refractivity contribution in [2.45, 2.75) is 0 Å². The lowest BCUT2D eigenvalue weighted by molar-refractivity contribution is -0.441. The third kappa shape index (κ3) is 7.01. The molecule has 0 aromatic heterocycles. The molecule has 254 valence electrons. The van der Waals surface area contributed by atoms with Crippen LogP contribution in [0.3, 0.4) is 0 Å². The maximum atomic E-state index is 11.8. The molecule has 3 aromatic rings. The highest BCUT2D eigenvalue weighted by Gasteiger charge is 2.46. The van der Waals surface area contributed by atoms with Crippen molar-refractivity contribution in [1.29, 1.82) is 0 Å². The molecule has 0 aliphatic carbocycles. The van der Waals surface area contributed by atoms with Crippen molar-refractivity contribution in [1.82, 2.24) is 0 Å². The van der Waals surface area contributed by atoms with Gasteiger partial charge in [0.15, 0.2) is 0 Å². The Kier molecular flexibility index (Phi) is 9.88. The molecule has 0 unspecified atom stereocenters. The maximum Gasteiger partial charge on any atom is 0.531 e. The van der Waals surface area contributed by atoms with Crippen molar-refractivity contribution in [2.24, 2.45) is 0 Å². The minimum Gasteiger partial charge on any atom is -0.401 e. The van der Waals surface area contributed by atoms with Gasteiger partial charge in [-0.3, -0.25) is 91.0 Å². The van der Waals surface area contributed by atoms with Gasteiger partial charge in [-0.15, -0.1) is 0 Å². The molecule has 0 aliphatic heterocycles. The van der Waals surface area contributed by atoms with Crippen LogP contribution in [0.2, 0.25) is 0 Å². The Labute approximate surface area is 263 Å². The minimum atomic E-state index is -3.97. The first kappa shape index (κ1) is 35.6. The van der Waals surface area contributed by atoms with Crippen LogP contribution in [0.15, 0.2) is 36.4 Å². The van der Waals surface area contributed by atoms with Gasteiger partial charge in [-0.25, -0.2) is 0 Å². The average Bonchev–Trinajstić information content (AvgIpc) is 2.99. The van der Waals surface area contributed by atoms with Crippen molar-refractivity contribution in [2.75, 3.05) is 0 Å². The van der Waals surface area contributed by atoms with Gasteiger partial charge in [0.1, 0.15) is 0 Å². The van der Waals surface area contributed by atoms with Gasteiger partial charge < -0.3 is 13.6 Å². The molecule has 0 heterocycles. The van der Waals surface area contributed by atoms with Crippen LogP contribution < -0.4 is 13.6 Å². The van der Waals surface area contributed by atoms with E-state index in [1.807, 2.05) is 0 Å². The van der Waals surface area contributed by atoms with E-state index in [0.29, 0.717) is 18.2 Å². The van der Waals surface area contributed by atoms with Crippen molar-refractivity contribution in [3.8, 4) is 17.2 Å². The largest absolute Gasteiger partial charge is 0.531 e. The Balaban J connectivity index is 2.40. The molecule has 3 aromatic carbocycles.